The number of anilines is 1. The summed E-state index contributed by atoms with van der Waals surface area (Å²) in [5.41, 5.74) is 0.828. The van der Waals surface area contributed by atoms with Crippen LogP contribution in [0.2, 0.25) is 0 Å². The van der Waals surface area contributed by atoms with Gasteiger partial charge in [-0.05, 0) is 19.1 Å². The maximum absolute atomic E-state index is 11.9. The number of hydrogen-bond donors (Lipinski definition) is 0. The molecule has 0 N–H and O–H groups in total. The highest BCUT2D eigenvalue weighted by Gasteiger charge is 2.19. The maximum Gasteiger partial charge on any atom is 0.240 e. The van der Waals surface area contributed by atoms with Gasteiger partial charge in [-0.2, -0.15) is 5.26 Å². The van der Waals surface area contributed by atoms with Crippen LogP contribution >= 0.6 is 15.9 Å². The van der Waals surface area contributed by atoms with Gasteiger partial charge in [-0.1, -0.05) is 34.1 Å². The van der Waals surface area contributed by atoms with Crippen LogP contribution in [-0.4, -0.2) is 17.3 Å². The Morgan fingerprint density at radius 1 is 1.50 bits per heavy atom. The van der Waals surface area contributed by atoms with Crippen molar-refractivity contribution >= 4 is 27.5 Å². The van der Waals surface area contributed by atoms with E-state index in [1.54, 1.807) is 11.8 Å². The molecule has 0 aliphatic carbocycles. The molecule has 1 atom stereocenters. The van der Waals surface area contributed by atoms with Gasteiger partial charge in [0.2, 0.25) is 5.91 Å². The molecule has 1 aromatic rings. The first kappa shape index (κ1) is 12.7. The smallest absolute Gasteiger partial charge is 0.240 e. The molecule has 1 unspecified atom stereocenters. The van der Waals surface area contributed by atoms with E-state index in [1.807, 2.05) is 30.3 Å². The molecule has 0 aliphatic heterocycles. The number of halogens is 1. The molecule has 0 saturated heterocycles. The average molecular weight is 281 g/mol. The monoisotopic (exact) mass is 280 g/mol. The van der Waals surface area contributed by atoms with Crippen molar-refractivity contribution in [2.45, 2.75) is 18.2 Å². The number of nitrogens with zero attached hydrogens (tertiary/aromatic N) is 2. The van der Waals surface area contributed by atoms with Crippen LogP contribution in [0.15, 0.2) is 30.3 Å². The number of amides is 1. The highest BCUT2D eigenvalue weighted by molar-refractivity contribution is 9.10. The molecule has 0 aromatic heterocycles. The summed E-state index contributed by atoms with van der Waals surface area (Å²) in [5, 5.41) is 8.58. The van der Waals surface area contributed by atoms with Crippen molar-refractivity contribution in [3.05, 3.63) is 30.3 Å². The van der Waals surface area contributed by atoms with Gasteiger partial charge in [0.05, 0.1) is 17.3 Å². The lowest BCUT2D eigenvalue weighted by molar-refractivity contribution is -0.117. The van der Waals surface area contributed by atoms with Gasteiger partial charge in [-0.3, -0.25) is 4.79 Å². The van der Waals surface area contributed by atoms with Gasteiger partial charge in [-0.15, -0.1) is 0 Å². The fourth-order valence-corrected chi connectivity index (χ4v) is 1.60. The number of carbonyl (C=O) groups excluding carboxylic acids is 1. The zero-order valence-electron chi connectivity index (χ0n) is 9.06. The predicted octanol–water partition coefficient (Wildman–Crippen LogP) is 2.72. The Morgan fingerprint density at radius 2 is 2.12 bits per heavy atom. The summed E-state index contributed by atoms with van der Waals surface area (Å²) < 4.78 is 0. The van der Waals surface area contributed by atoms with Crippen LogP contribution in [0.4, 0.5) is 5.69 Å². The Bertz CT molecular complexity index is 384. The molecule has 1 rings (SSSR count). The Kier molecular flexibility index (Phi) is 5.00. The lowest BCUT2D eigenvalue weighted by Crippen LogP contribution is -2.36. The number of alkyl halides is 1. The highest BCUT2D eigenvalue weighted by Crippen LogP contribution is 2.16. The largest absolute Gasteiger partial charge is 0.310 e. The third-order valence-corrected chi connectivity index (χ3v) is 2.51. The minimum Gasteiger partial charge on any atom is -0.310 e. The second kappa shape index (κ2) is 6.29. The number of nitriles is 1. The number of carbonyl (C=O) groups is 1. The van der Waals surface area contributed by atoms with Crippen molar-refractivity contribution in [3.8, 4) is 6.07 Å². The standard InChI is InChI=1S/C12H13BrN2O/c1-10(13)12(16)15(9-5-8-14)11-6-3-2-4-7-11/h2-4,6-7,10H,5,9H2,1H3. The van der Waals surface area contributed by atoms with Crippen molar-refractivity contribution < 1.29 is 4.79 Å². The number of hydrogen-bond acceptors (Lipinski definition) is 2. The van der Waals surface area contributed by atoms with E-state index in [4.69, 9.17) is 5.26 Å². The van der Waals surface area contributed by atoms with Crippen molar-refractivity contribution in [1.82, 2.24) is 0 Å². The van der Waals surface area contributed by atoms with Crippen LogP contribution in [0.5, 0.6) is 0 Å². The summed E-state index contributed by atoms with van der Waals surface area (Å²) in [4.78, 5) is 13.3. The van der Waals surface area contributed by atoms with Crippen LogP contribution in [-0.2, 0) is 4.79 Å². The van der Waals surface area contributed by atoms with Gasteiger partial charge in [0.1, 0.15) is 0 Å². The van der Waals surface area contributed by atoms with Crippen LogP contribution < -0.4 is 4.90 Å². The van der Waals surface area contributed by atoms with Crippen LogP contribution in [0.3, 0.4) is 0 Å². The molecule has 84 valence electrons. The molecular weight excluding hydrogens is 268 g/mol. The maximum atomic E-state index is 11.9. The Morgan fingerprint density at radius 3 is 2.62 bits per heavy atom. The molecule has 0 bridgehead atoms. The Balaban J connectivity index is 2.88. The Labute approximate surface area is 104 Å². The summed E-state index contributed by atoms with van der Waals surface area (Å²) in [6, 6.07) is 11.4. The van der Waals surface area contributed by atoms with E-state index in [9.17, 15) is 4.79 Å². The van der Waals surface area contributed by atoms with E-state index in [-0.39, 0.29) is 10.7 Å². The second-order valence-electron chi connectivity index (χ2n) is 3.35. The van der Waals surface area contributed by atoms with E-state index in [0.29, 0.717) is 13.0 Å². The molecule has 0 saturated carbocycles. The molecule has 3 nitrogen and oxygen atoms in total. The topological polar surface area (TPSA) is 44.1 Å². The van der Waals surface area contributed by atoms with E-state index < -0.39 is 0 Å². The first-order valence-corrected chi connectivity index (χ1v) is 5.96. The van der Waals surface area contributed by atoms with Crippen LogP contribution in [0.25, 0.3) is 0 Å². The fourth-order valence-electron chi connectivity index (χ4n) is 1.35. The van der Waals surface area contributed by atoms with Crippen molar-refractivity contribution in [3.63, 3.8) is 0 Å². The Hall–Kier alpha value is -1.34. The number of para-hydroxylation sites is 1. The molecule has 0 fully saturated rings. The minimum atomic E-state index is -0.244. The molecule has 4 heteroatoms. The fraction of sp³-hybridized carbons (Fsp3) is 0.333. The van der Waals surface area contributed by atoms with E-state index in [2.05, 4.69) is 22.0 Å². The summed E-state index contributed by atoms with van der Waals surface area (Å²) in [7, 11) is 0. The molecule has 0 radical (unpaired) electrons. The van der Waals surface area contributed by atoms with Gasteiger partial charge >= 0.3 is 0 Å². The van der Waals surface area contributed by atoms with E-state index >= 15 is 0 Å². The van der Waals surface area contributed by atoms with Gasteiger partial charge in [0.15, 0.2) is 0 Å². The van der Waals surface area contributed by atoms with Gasteiger partial charge in [0.25, 0.3) is 0 Å². The normalized spacial score (nSPS) is 11.6. The van der Waals surface area contributed by atoms with Gasteiger partial charge in [0, 0.05) is 12.2 Å². The van der Waals surface area contributed by atoms with Crippen molar-refractivity contribution in [1.29, 1.82) is 5.26 Å². The molecule has 0 aliphatic rings. The van der Waals surface area contributed by atoms with E-state index in [1.165, 1.54) is 0 Å². The van der Waals surface area contributed by atoms with Crippen LogP contribution in [0, 0.1) is 11.3 Å². The minimum absolute atomic E-state index is 0.0264. The summed E-state index contributed by atoms with van der Waals surface area (Å²) >= 11 is 3.26. The quantitative estimate of drug-likeness (QED) is 0.796. The predicted molar refractivity (Wildman–Crippen MR) is 67.4 cm³/mol. The first-order chi connectivity index (χ1) is 7.66. The molecular formula is C12H13BrN2O. The zero-order valence-corrected chi connectivity index (χ0v) is 10.6. The summed E-state index contributed by atoms with van der Waals surface area (Å²) in [6.07, 6.45) is 0.334. The molecule has 0 heterocycles. The number of benzene rings is 1. The highest BCUT2D eigenvalue weighted by atomic mass is 79.9. The van der Waals surface area contributed by atoms with E-state index in [0.717, 1.165) is 5.69 Å². The second-order valence-corrected chi connectivity index (χ2v) is 4.72. The molecule has 0 spiro atoms. The lowest BCUT2D eigenvalue weighted by atomic mass is 10.2. The molecule has 1 amide bonds. The first-order valence-electron chi connectivity index (χ1n) is 5.04. The van der Waals surface area contributed by atoms with Crippen molar-refractivity contribution in [2.24, 2.45) is 0 Å². The van der Waals surface area contributed by atoms with Gasteiger partial charge < -0.3 is 4.90 Å². The third kappa shape index (κ3) is 3.35. The molecule has 1 aromatic carbocycles. The third-order valence-electron chi connectivity index (χ3n) is 2.12. The summed E-state index contributed by atoms with van der Waals surface area (Å²) in [5.74, 6) is -0.0264. The SMILES string of the molecule is CC(Br)C(=O)N(CCC#N)c1ccccc1. The summed E-state index contributed by atoms with van der Waals surface area (Å²) in [6.45, 7) is 2.21. The zero-order chi connectivity index (χ0) is 12.0. The number of rotatable bonds is 4. The van der Waals surface area contributed by atoms with Crippen molar-refractivity contribution in [2.75, 3.05) is 11.4 Å². The van der Waals surface area contributed by atoms with Gasteiger partial charge in [-0.25, -0.2) is 0 Å². The lowest BCUT2D eigenvalue weighted by Gasteiger charge is -2.22. The molecule has 16 heavy (non-hydrogen) atoms. The average Bonchev–Trinajstić information content (AvgIpc) is 2.30. The van der Waals surface area contributed by atoms with Crippen LogP contribution in [0.1, 0.15) is 13.3 Å².